The second kappa shape index (κ2) is 11.2. The number of ether oxygens (including phenoxy) is 1. The number of rotatable bonds is 11. The van der Waals surface area contributed by atoms with Gasteiger partial charge < -0.3 is 14.8 Å². The molecular weight excluding hydrogens is 444 g/mol. The van der Waals surface area contributed by atoms with Gasteiger partial charge in [-0.25, -0.2) is 4.68 Å². The number of methoxy groups -OCH3 is 1. The predicted octanol–water partition coefficient (Wildman–Crippen LogP) is 3.22. The first-order chi connectivity index (χ1) is 17.0. The highest BCUT2D eigenvalue weighted by atomic mass is 16.5. The molecule has 0 aliphatic rings. The average Bonchev–Trinajstić information content (AvgIpc) is 3.31. The lowest BCUT2D eigenvalue weighted by Crippen LogP contribution is -2.34. The third kappa shape index (κ3) is 5.75. The van der Waals surface area contributed by atoms with Gasteiger partial charge in [0.1, 0.15) is 5.75 Å². The molecule has 0 radical (unpaired) electrons. The molecule has 2 aromatic heterocycles. The highest BCUT2D eigenvalue weighted by molar-refractivity contribution is 5.79. The molecule has 4 aromatic rings. The monoisotopic (exact) mass is 476 g/mol. The quantitative estimate of drug-likeness (QED) is 0.342. The van der Waals surface area contributed by atoms with Crippen LogP contribution >= 0.6 is 0 Å². The second-order valence-electron chi connectivity index (χ2n) is 8.73. The van der Waals surface area contributed by atoms with Crippen molar-refractivity contribution in [2.45, 2.75) is 45.8 Å². The van der Waals surface area contributed by atoms with E-state index in [-0.39, 0.29) is 18.2 Å². The van der Waals surface area contributed by atoms with Crippen molar-refractivity contribution in [1.29, 1.82) is 0 Å². The van der Waals surface area contributed by atoms with E-state index in [9.17, 15) is 9.90 Å². The molecule has 0 amide bonds. The molecule has 0 unspecified atom stereocenters. The van der Waals surface area contributed by atoms with Crippen LogP contribution in [0.15, 0.2) is 53.3 Å². The number of H-pyrrole nitrogens is 1. The lowest BCUT2D eigenvalue weighted by molar-refractivity contribution is 0.152. The highest BCUT2D eigenvalue weighted by Gasteiger charge is 2.25. The molecule has 1 atom stereocenters. The maximum atomic E-state index is 12.9. The van der Waals surface area contributed by atoms with Gasteiger partial charge in [0, 0.05) is 30.8 Å². The van der Waals surface area contributed by atoms with Crippen molar-refractivity contribution in [3.63, 3.8) is 0 Å². The van der Waals surface area contributed by atoms with Crippen LogP contribution in [0.3, 0.4) is 0 Å². The van der Waals surface area contributed by atoms with E-state index in [1.165, 1.54) is 0 Å². The van der Waals surface area contributed by atoms with Crippen LogP contribution in [0.1, 0.15) is 48.3 Å². The number of aromatic nitrogens is 5. The number of benzene rings is 2. The van der Waals surface area contributed by atoms with E-state index in [1.807, 2.05) is 49.4 Å². The summed E-state index contributed by atoms with van der Waals surface area (Å²) in [6.07, 6.45) is 1.33. The number of pyridine rings is 1. The van der Waals surface area contributed by atoms with E-state index in [1.54, 1.807) is 11.8 Å². The third-order valence-corrected chi connectivity index (χ3v) is 6.23. The van der Waals surface area contributed by atoms with Gasteiger partial charge >= 0.3 is 0 Å². The van der Waals surface area contributed by atoms with Crippen LogP contribution in [0.4, 0.5) is 0 Å². The first-order valence-corrected chi connectivity index (χ1v) is 11.9. The van der Waals surface area contributed by atoms with Crippen LogP contribution in [0, 0.1) is 6.92 Å². The normalized spacial score (nSPS) is 12.4. The van der Waals surface area contributed by atoms with E-state index in [4.69, 9.17) is 4.74 Å². The lowest BCUT2D eigenvalue weighted by atomic mass is 10.1. The van der Waals surface area contributed by atoms with Gasteiger partial charge in [0.05, 0.1) is 19.7 Å². The van der Waals surface area contributed by atoms with Crippen molar-refractivity contribution < 1.29 is 9.84 Å². The first kappa shape index (κ1) is 24.6. The summed E-state index contributed by atoms with van der Waals surface area (Å²) in [5, 5.41) is 23.1. The largest absolute Gasteiger partial charge is 0.497 e. The molecule has 0 bridgehead atoms. The minimum atomic E-state index is -0.123. The molecule has 9 heteroatoms. The Morgan fingerprint density at radius 3 is 2.69 bits per heavy atom. The molecule has 0 aliphatic heterocycles. The maximum Gasteiger partial charge on any atom is 0.252 e. The zero-order chi connectivity index (χ0) is 24.8. The number of hydrogen-bond acceptors (Lipinski definition) is 7. The summed E-state index contributed by atoms with van der Waals surface area (Å²) < 4.78 is 7.05. The second-order valence-corrected chi connectivity index (χ2v) is 8.73. The van der Waals surface area contributed by atoms with Crippen molar-refractivity contribution in [2.24, 2.45) is 0 Å². The molecule has 35 heavy (non-hydrogen) atoms. The van der Waals surface area contributed by atoms with Crippen LogP contribution in [0.2, 0.25) is 0 Å². The third-order valence-electron chi connectivity index (χ3n) is 6.23. The van der Waals surface area contributed by atoms with Crippen LogP contribution in [-0.2, 0) is 13.1 Å². The molecule has 2 aromatic carbocycles. The summed E-state index contributed by atoms with van der Waals surface area (Å²) in [6, 6.07) is 15.6. The van der Waals surface area contributed by atoms with Gasteiger partial charge in [-0.05, 0) is 71.5 Å². The van der Waals surface area contributed by atoms with E-state index in [0.717, 1.165) is 40.0 Å². The van der Waals surface area contributed by atoms with Gasteiger partial charge in [0.25, 0.3) is 5.56 Å². The molecule has 0 saturated carbocycles. The van der Waals surface area contributed by atoms with Crippen molar-refractivity contribution in [1.82, 2.24) is 30.1 Å². The summed E-state index contributed by atoms with van der Waals surface area (Å²) in [5.41, 5.74) is 3.58. The van der Waals surface area contributed by atoms with Gasteiger partial charge in [-0.1, -0.05) is 30.7 Å². The molecule has 0 spiro atoms. The fourth-order valence-corrected chi connectivity index (χ4v) is 4.40. The lowest BCUT2D eigenvalue weighted by Gasteiger charge is -2.30. The molecule has 2 N–H and O–H groups in total. The van der Waals surface area contributed by atoms with E-state index < -0.39 is 0 Å². The minimum absolute atomic E-state index is 0.0665. The van der Waals surface area contributed by atoms with Crippen molar-refractivity contribution in [3.8, 4) is 5.75 Å². The Morgan fingerprint density at radius 1 is 1.17 bits per heavy atom. The fourth-order valence-electron chi connectivity index (χ4n) is 4.40. The predicted molar refractivity (Wildman–Crippen MR) is 134 cm³/mol. The van der Waals surface area contributed by atoms with E-state index >= 15 is 0 Å². The Balaban J connectivity index is 1.63. The zero-order valence-electron chi connectivity index (χ0n) is 20.4. The standard InChI is InChI=1S/C26H32N6O3/c1-4-24(25-28-29-30-32(25)16-19-7-9-22(35-3)10-8-19)31(12-5-13-33)17-21-15-20-14-18(2)6-11-23(20)27-26(21)34/h6-11,14-15,24,33H,4-5,12-13,16-17H2,1-3H3,(H,27,34)/t24-/m0/s1. The van der Waals surface area contributed by atoms with Crippen molar-refractivity contribution in [3.05, 3.63) is 81.4 Å². The van der Waals surface area contributed by atoms with Crippen LogP contribution < -0.4 is 10.3 Å². The molecule has 0 fully saturated rings. The molecule has 9 nitrogen and oxygen atoms in total. The van der Waals surface area contributed by atoms with Crippen LogP contribution in [-0.4, -0.2) is 55.5 Å². The molecule has 2 heterocycles. The zero-order valence-corrected chi connectivity index (χ0v) is 20.4. The Hall–Kier alpha value is -3.56. The van der Waals surface area contributed by atoms with Crippen LogP contribution in [0.25, 0.3) is 10.9 Å². The number of aliphatic hydroxyl groups excluding tert-OH is 1. The van der Waals surface area contributed by atoms with Crippen molar-refractivity contribution in [2.75, 3.05) is 20.3 Å². The Morgan fingerprint density at radius 2 is 1.97 bits per heavy atom. The van der Waals surface area contributed by atoms with E-state index in [2.05, 4.69) is 38.4 Å². The molecule has 184 valence electrons. The molecule has 0 aliphatic carbocycles. The number of fused-ring (bicyclic) bond motifs is 1. The number of nitrogens with zero attached hydrogens (tertiary/aromatic N) is 5. The summed E-state index contributed by atoms with van der Waals surface area (Å²) in [5.74, 6) is 1.53. The molecular formula is C26H32N6O3. The van der Waals surface area contributed by atoms with Crippen LogP contribution in [0.5, 0.6) is 5.75 Å². The summed E-state index contributed by atoms with van der Waals surface area (Å²) in [7, 11) is 1.64. The number of aryl methyl sites for hydroxylation is 1. The maximum absolute atomic E-state index is 12.9. The smallest absolute Gasteiger partial charge is 0.252 e. The number of tetrazole rings is 1. The molecule has 0 saturated heterocycles. The molecule has 4 rings (SSSR count). The summed E-state index contributed by atoms with van der Waals surface area (Å²) >= 11 is 0. The first-order valence-electron chi connectivity index (χ1n) is 11.9. The number of nitrogens with one attached hydrogen (secondary N) is 1. The van der Waals surface area contributed by atoms with Crippen molar-refractivity contribution >= 4 is 10.9 Å². The van der Waals surface area contributed by atoms with Gasteiger partial charge in [0.15, 0.2) is 5.82 Å². The van der Waals surface area contributed by atoms with Gasteiger partial charge in [0.2, 0.25) is 0 Å². The summed E-state index contributed by atoms with van der Waals surface area (Å²) in [4.78, 5) is 18.1. The average molecular weight is 477 g/mol. The number of hydrogen-bond donors (Lipinski definition) is 2. The van der Waals surface area contributed by atoms with Gasteiger partial charge in [-0.3, -0.25) is 9.69 Å². The Kier molecular flexibility index (Phi) is 7.89. The SMILES string of the molecule is CC[C@@H](c1nnnn1Cc1ccc(OC)cc1)N(CCCO)Cc1cc2cc(C)ccc2[nH]c1=O. The highest BCUT2D eigenvalue weighted by Crippen LogP contribution is 2.25. The number of aliphatic hydroxyl groups is 1. The minimum Gasteiger partial charge on any atom is -0.497 e. The Bertz CT molecular complexity index is 1310. The van der Waals surface area contributed by atoms with Gasteiger partial charge in [-0.15, -0.1) is 5.10 Å². The van der Waals surface area contributed by atoms with E-state index in [0.29, 0.717) is 31.6 Å². The fraction of sp³-hybridized carbons (Fsp3) is 0.385. The number of aromatic amines is 1. The van der Waals surface area contributed by atoms with Gasteiger partial charge in [-0.2, -0.15) is 0 Å². The Labute approximate surface area is 204 Å². The topological polar surface area (TPSA) is 109 Å². The summed E-state index contributed by atoms with van der Waals surface area (Å²) in [6.45, 7) is 5.73.